The number of aromatic nitrogens is 4. The number of ether oxygens (including phenoxy) is 1. The molecule has 0 saturated carbocycles. The molecule has 0 saturated heterocycles. The van der Waals surface area contributed by atoms with Crippen LogP contribution in [0, 0.1) is 11.7 Å². The fourth-order valence-corrected chi connectivity index (χ4v) is 5.14. The van der Waals surface area contributed by atoms with Gasteiger partial charge in [0.25, 0.3) is 0 Å². The van der Waals surface area contributed by atoms with Crippen molar-refractivity contribution in [3.05, 3.63) is 48.6 Å². The molecule has 14 heteroatoms. The van der Waals surface area contributed by atoms with Crippen molar-refractivity contribution in [3.63, 3.8) is 0 Å². The van der Waals surface area contributed by atoms with Gasteiger partial charge in [-0.2, -0.15) is 15.1 Å². The van der Waals surface area contributed by atoms with Crippen molar-refractivity contribution >= 4 is 30.8 Å². The van der Waals surface area contributed by atoms with E-state index in [1.165, 1.54) is 26.2 Å². The zero-order valence-electron chi connectivity index (χ0n) is 18.9. The van der Waals surface area contributed by atoms with Gasteiger partial charge in [-0.15, -0.1) is 0 Å². The van der Waals surface area contributed by atoms with Crippen LogP contribution >= 0.6 is 7.75 Å². The quantitative estimate of drug-likeness (QED) is 0.274. The Labute approximate surface area is 199 Å². The normalized spacial score (nSPS) is 20.0. The van der Waals surface area contributed by atoms with E-state index in [2.05, 4.69) is 20.0 Å². The predicted octanol–water partition coefficient (Wildman–Crippen LogP) is 2.94. The lowest BCUT2D eigenvalue weighted by Crippen LogP contribution is -2.33. The molecule has 4 rings (SSSR count). The molecule has 2 heterocycles. The van der Waals surface area contributed by atoms with Crippen LogP contribution in [0.1, 0.15) is 19.4 Å². The first kappa shape index (κ1) is 24.6. The zero-order valence-corrected chi connectivity index (χ0v) is 19.8. The predicted molar refractivity (Wildman–Crippen MR) is 123 cm³/mol. The van der Waals surface area contributed by atoms with Crippen LogP contribution in [0.25, 0.3) is 11.2 Å². The molecule has 4 N–H and O–H groups in total. The molecule has 0 aliphatic heterocycles. The molecule has 2 aromatic heterocycles. The number of fused-ring (bicyclic) bond motifs is 1. The van der Waals surface area contributed by atoms with Crippen LogP contribution in [0.3, 0.4) is 0 Å². The van der Waals surface area contributed by atoms with Crippen molar-refractivity contribution in [2.45, 2.75) is 25.4 Å². The Kier molecular flexibility index (Phi) is 7.01. The van der Waals surface area contributed by atoms with E-state index < -0.39 is 25.6 Å². The highest BCUT2D eigenvalue weighted by Crippen LogP contribution is 2.46. The summed E-state index contributed by atoms with van der Waals surface area (Å²) in [4.78, 5) is 23.9. The maximum Gasteiger partial charge on any atom is 0.459 e. The summed E-state index contributed by atoms with van der Waals surface area (Å²) < 4.78 is 44.6. The Hall–Kier alpha value is -3.54. The molecule has 1 unspecified atom stereocenters. The van der Waals surface area contributed by atoms with E-state index in [0.717, 1.165) is 12.1 Å². The summed E-state index contributed by atoms with van der Waals surface area (Å²) in [5, 5.41) is 11.6. The number of rotatable bonds is 10. The van der Waals surface area contributed by atoms with E-state index in [-0.39, 0.29) is 36.1 Å². The summed E-state index contributed by atoms with van der Waals surface area (Å²) in [6.07, 6.45) is 5.99. The van der Waals surface area contributed by atoms with Crippen molar-refractivity contribution in [1.82, 2.24) is 24.6 Å². The minimum absolute atomic E-state index is 0.0299. The molecule has 12 nitrogen and oxygen atoms in total. The van der Waals surface area contributed by atoms with Gasteiger partial charge in [0.1, 0.15) is 17.6 Å². The van der Waals surface area contributed by atoms with E-state index >= 15 is 0 Å². The van der Waals surface area contributed by atoms with E-state index in [4.69, 9.17) is 19.5 Å². The number of halogens is 1. The van der Waals surface area contributed by atoms with Gasteiger partial charge < -0.3 is 24.7 Å². The third-order valence-corrected chi connectivity index (χ3v) is 6.97. The van der Waals surface area contributed by atoms with Crippen LogP contribution < -0.4 is 20.1 Å². The van der Waals surface area contributed by atoms with Crippen molar-refractivity contribution in [2.24, 2.45) is 5.92 Å². The van der Waals surface area contributed by atoms with Gasteiger partial charge in [-0.25, -0.2) is 13.9 Å². The number of hydrogen-bond donors (Lipinski definition) is 3. The Morgan fingerprint density at radius 1 is 1.34 bits per heavy atom. The third kappa shape index (κ3) is 5.59. The molecule has 0 bridgehead atoms. The highest BCUT2D eigenvalue weighted by Gasteiger charge is 2.33. The molecule has 0 fully saturated rings. The fourth-order valence-electron chi connectivity index (χ4n) is 3.58. The van der Waals surface area contributed by atoms with Crippen molar-refractivity contribution in [2.75, 3.05) is 19.5 Å². The summed E-state index contributed by atoms with van der Waals surface area (Å²) in [7, 11) is -2.65. The molecular formula is C21H24FN6O6P. The average Bonchev–Trinajstić information content (AvgIpc) is 3.45. The van der Waals surface area contributed by atoms with E-state index in [9.17, 15) is 18.9 Å². The third-order valence-electron chi connectivity index (χ3n) is 5.33. The highest BCUT2D eigenvalue weighted by atomic mass is 31.2. The molecular weight excluding hydrogens is 482 g/mol. The SMILES string of the molecule is COc1nc(N)nc2c1ncn2[C@H]1C=C[C@@H](COP(=O)(N[C@@H](C)C(=O)O)Oc2ccc(F)cc2)C1. The van der Waals surface area contributed by atoms with Gasteiger partial charge in [0.15, 0.2) is 11.2 Å². The van der Waals surface area contributed by atoms with Crippen LogP contribution in [-0.4, -0.2) is 50.4 Å². The summed E-state index contributed by atoms with van der Waals surface area (Å²) in [6.45, 7) is 1.28. The molecule has 35 heavy (non-hydrogen) atoms. The average molecular weight is 506 g/mol. The van der Waals surface area contributed by atoms with Crippen LogP contribution in [0.4, 0.5) is 10.3 Å². The molecule has 3 aromatic rings. The van der Waals surface area contributed by atoms with Gasteiger partial charge >= 0.3 is 13.7 Å². The smallest absolute Gasteiger partial charge is 0.459 e. The summed E-state index contributed by atoms with van der Waals surface area (Å²) >= 11 is 0. The lowest BCUT2D eigenvalue weighted by atomic mass is 10.1. The van der Waals surface area contributed by atoms with Gasteiger partial charge in [-0.3, -0.25) is 9.32 Å². The van der Waals surface area contributed by atoms with Crippen LogP contribution in [0.2, 0.25) is 0 Å². The van der Waals surface area contributed by atoms with Gasteiger partial charge in [-0.05, 0) is 37.6 Å². The second kappa shape index (κ2) is 9.98. The largest absolute Gasteiger partial charge is 0.480 e. The molecule has 4 atom stereocenters. The number of carboxylic acids is 1. The molecule has 0 spiro atoms. The number of carbonyl (C=O) groups is 1. The van der Waals surface area contributed by atoms with Crippen LogP contribution in [0.5, 0.6) is 11.6 Å². The first-order valence-electron chi connectivity index (χ1n) is 10.6. The number of carboxylic acid groups (broad SMARTS) is 1. The maximum atomic E-state index is 13.3. The Morgan fingerprint density at radius 3 is 2.77 bits per heavy atom. The van der Waals surface area contributed by atoms with Crippen molar-refractivity contribution in [3.8, 4) is 11.6 Å². The van der Waals surface area contributed by atoms with E-state index in [1.54, 1.807) is 6.33 Å². The van der Waals surface area contributed by atoms with Crippen LogP contribution in [-0.2, 0) is 13.9 Å². The molecule has 186 valence electrons. The monoisotopic (exact) mass is 506 g/mol. The number of nitrogens with two attached hydrogens (primary N) is 1. The maximum absolute atomic E-state index is 13.3. The lowest BCUT2D eigenvalue weighted by molar-refractivity contribution is -0.138. The van der Waals surface area contributed by atoms with Crippen molar-refractivity contribution < 1.29 is 32.6 Å². The molecule has 0 radical (unpaired) electrons. The number of methoxy groups -OCH3 is 1. The van der Waals surface area contributed by atoms with Gasteiger partial charge in [0.2, 0.25) is 11.8 Å². The number of nitrogen functional groups attached to an aromatic ring is 1. The van der Waals surface area contributed by atoms with Crippen LogP contribution in [0.15, 0.2) is 42.7 Å². The van der Waals surface area contributed by atoms with E-state index in [0.29, 0.717) is 17.6 Å². The standard InChI is InChI=1S/C21H24FN6O6P/c1-12(20(29)30)27-35(31,34-16-7-4-14(22)5-8-16)33-10-13-3-6-15(9-13)28-11-24-17-18(28)25-21(23)26-19(17)32-2/h3-8,11-13,15H,9-10H2,1-2H3,(H,27,31)(H,29,30)(H2,23,25,26)/t12-,13+,15-,35?/m0/s1. The topological polar surface area (TPSA) is 164 Å². The number of anilines is 1. The fraction of sp³-hybridized carbons (Fsp3) is 0.333. The zero-order chi connectivity index (χ0) is 25.2. The second-order valence-corrected chi connectivity index (χ2v) is 9.58. The van der Waals surface area contributed by atoms with Crippen molar-refractivity contribution in [1.29, 1.82) is 0 Å². The molecule has 1 aliphatic carbocycles. The number of benzene rings is 1. The number of nitrogens with zero attached hydrogens (tertiary/aromatic N) is 4. The minimum atomic E-state index is -4.12. The number of allylic oxidation sites excluding steroid dienone is 1. The summed E-state index contributed by atoms with van der Waals surface area (Å²) in [6, 6.07) is 3.45. The van der Waals surface area contributed by atoms with Gasteiger partial charge in [0, 0.05) is 5.92 Å². The number of hydrogen-bond acceptors (Lipinski definition) is 9. The lowest BCUT2D eigenvalue weighted by Gasteiger charge is -2.23. The highest BCUT2D eigenvalue weighted by molar-refractivity contribution is 7.52. The Balaban J connectivity index is 1.46. The second-order valence-electron chi connectivity index (χ2n) is 7.89. The molecule has 1 aliphatic rings. The number of imidazole rings is 1. The molecule has 1 aromatic carbocycles. The Bertz CT molecular complexity index is 1300. The Morgan fingerprint density at radius 2 is 2.09 bits per heavy atom. The number of aliphatic carboxylic acids is 1. The first-order valence-corrected chi connectivity index (χ1v) is 12.1. The van der Waals surface area contributed by atoms with E-state index in [1.807, 2.05) is 16.7 Å². The molecule has 0 amide bonds. The summed E-state index contributed by atoms with van der Waals surface area (Å²) in [5.74, 6) is -1.53. The number of nitrogens with one attached hydrogen (secondary N) is 1. The summed E-state index contributed by atoms with van der Waals surface area (Å²) in [5.41, 5.74) is 6.76. The van der Waals surface area contributed by atoms with Gasteiger partial charge in [-0.1, -0.05) is 12.2 Å². The van der Waals surface area contributed by atoms with Gasteiger partial charge in [0.05, 0.1) is 26.1 Å². The minimum Gasteiger partial charge on any atom is -0.480 e. The first-order chi connectivity index (χ1) is 16.7.